The Balaban J connectivity index is 2.57. The van der Waals surface area contributed by atoms with Crippen LogP contribution in [-0.4, -0.2) is 104 Å². The van der Waals surface area contributed by atoms with Crippen LogP contribution in [0.5, 0.6) is 0 Å². The number of carbonyl (C=O) groups is 2. The van der Waals surface area contributed by atoms with Crippen molar-refractivity contribution in [3.8, 4) is 0 Å². The highest BCUT2D eigenvalue weighted by Gasteiger charge is 2.44. The maximum absolute atomic E-state index is 13.7. The number of ether oxygens (including phenoxy) is 3. The average Bonchev–Trinajstić information content (AvgIpc) is 3.13. The first-order valence-electron chi connectivity index (χ1n) is 22.2. The van der Waals surface area contributed by atoms with Crippen LogP contribution in [0.3, 0.4) is 0 Å². The van der Waals surface area contributed by atoms with Crippen molar-refractivity contribution in [1.29, 1.82) is 0 Å². The third kappa shape index (κ3) is 22.7. The van der Waals surface area contributed by atoms with Crippen LogP contribution in [0.2, 0.25) is 36.3 Å². The average molecular weight is 989 g/mol. The van der Waals surface area contributed by atoms with E-state index in [-0.39, 0.29) is 40.7 Å². The van der Waals surface area contributed by atoms with Gasteiger partial charge in [-0.05, 0) is 81.2 Å². The number of aldehydes is 1. The lowest BCUT2D eigenvalue weighted by Crippen LogP contribution is -2.47. The Hall–Kier alpha value is -2.16. The standard InChI is InChI=1S/C46H75F6O10PSi2/c1-33-23-25-56-37(27-33)20-21-41(62-65(12,13)44(7,8)9)40(60-42(54)30-63(55,57-31-45(47,48)49)58-32-46(50,51)52)19-15-18-39(61-64(10,11)43(4,5)6)29-35(3)26-34(2)28-38-17-14-16-36(59-38)22-24-53/h14-16,18,20-21,23-24,34,36-41H,3,17,19,22,25-32H2,1-2,4-13H3/b18-15+,21-20+/t34-,36-,37+,38-,39?,40-,41-/m0/s1. The molecule has 0 radical (unpaired) electrons. The van der Waals surface area contributed by atoms with Gasteiger partial charge in [-0.3, -0.25) is 18.4 Å². The second kappa shape index (κ2) is 24.9. The van der Waals surface area contributed by atoms with Crippen molar-refractivity contribution in [2.45, 2.75) is 186 Å². The van der Waals surface area contributed by atoms with Gasteiger partial charge in [0.05, 0.1) is 31.0 Å². The number of alkyl halides is 6. The van der Waals surface area contributed by atoms with Gasteiger partial charge < -0.3 is 27.9 Å². The van der Waals surface area contributed by atoms with Crippen molar-refractivity contribution < 1.29 is 72.6 Å². The van der Waals surface area contributed by atoms with E-state index < -0.39 is 80.2 Å². The molecule has 2 heterocycles. The zero-order valence-electron chi connectivity index (χ0n) is 40.4. The fourth-order valence-corrected chi connectivity index (χ4v) is 10.4. The Morgan fingerprint density at radius 1 is 0.938 bits per heavy atom. The van der Waals surface area contributed by atoms with Gasteiger partial charge in [0.25, 0.3) is 0 Å². The van der Waals surface area contributed by atoms with E-state index in [9.17, 15) is 40.5 Å². The summed E-state index contributed by atoms with van der Waals surface area (Å²) < 4.78 is 133. The molecule has 0 aliphatic carbocycles. The molecule has 65 heavy (non-hydrogen) atoms. The highest BCUT2D eigenvalue weighted by Crippen LogP contribution is 2.50. The van der Waals surface area contributed by atoms with E-state index in [0.29, 0.717) is 32.3 Å². The molecule has 0 N–H and O–H groups in total. The largest absolute Gasteiger partial charge is 0.458 e. The topological polar surface area (TPSA) is 116 Å². The Morgan fingerprint density at radius 3 is 2.06 bits per heavy atom. The minimum absolute atomic E-state index is 0.0337. The van der Waals surface area contributed by atoms with Gasteiger partial charge >= 0.3 is 25.9 Å². The van der Waals surface area contributed by atoms with Crippen molar-refractivity contribution in [3.05, 3.63) is 60.3 Å². The van der Waals surface area contributed by atoms with Gasteiger partial charge in [-0.2, -0.15) is 26.3 Å². The lowest BCUT2D eigenvalue weighted by molar-refractivity contribution is -0.167. The lowest BCUT2D eigenvalue weighted by atomic mass is 9.91. The number of carbonyl (C=O) groups excluding carboxylic acids is 2. The van der Waals surface area contributed by atoms with Gasteiger partial charge in [0.1, 0.15) is 24.7 Å². The normalized spacial score (nSPS) is 21.6. The smallest absolute Gasteiger partial charge is 0.412 e. The maximum Gasteiger partial charge on any atom is 0.412 e. The van der Waals surface area contributed by atoms with Crippen molar-refractivity contribution in [1.82, 2.24) is 0 Å². The van der Waals surface area contributed by atoms with Crippen LogP contribution in [-0.2, 0) is 46.3 Å². The third-order valence-electron chi connectivity index (χ3n) is 12.0. The predicted molar refractivity (Wildman–Crippen MR) is 247 cm³/mol. The summed E-state index contributed by atoms with van der Waals surface area (Å²) in [6.07, 6.45) is 2.25. The Labute approximate surface area is 385 Å². The molecule has 1 unspecified atom stereocenters. The fraction of sp³-hybridized carbons (Fsp3) is 0.739. The Bertz CT molecular complexity index is 1690. The minimum Gasteiger partial charge on any atom is -0.458 e. The molecule has 0 saturated carbocycles. The van der Waals surface area contributed by atoms with Crippen LogP contribution in [0.25, 0.3) is 0 Å². The molecule has 0 fully saturated rings. The van der Waals surface area contributed by atoms with Crippen molar-refractivity contribution in [2.75, 3.05) is 26.0 Å². The molecule has 0 saturated heterocycles. The predicted octanol–water partition coefficient (Wildman–Crippen LogP) is 12.9. The van der Waals surface area contributed by atoms with Crippen molar-refractivity contribution in [2.24, 2.45) is 5.92 Å². The highest BCUT2D eigenvalue weighted by molar-refractivity contribution is 7.54. The highest BCUT2D eigenvalue weighted by atomic mass is 31.2. The minimum atomic E-state index is -5.35. The molecule has 19 heteroatoms. The molecule has 0 bridgehead atoms. The molecule has 0 aromatic heterocycles. The molecule has 10 nitrogen and oxygen atoms in total. The van der Waals surface area contributed by atoms with Crippen LogP contribution >= 0.6 is 7.60 Å². The molecule has 2 aliphatic rings. The first-order valence-corrected chi connectivity index (χ1v) is 29.8. The summed E-state index contributed by atoms with van der Waals surface area (Å²) >= 11 is 0. The second-order valence-electron chi connectivity index (χ2n) is 20.4. The van der Waals surface area contributed by atoms with Gasteiger partial charge in [0.2, 0.25) is 0 Å². The van der Waals surface area contributed by atoms with Crippen LogP contribution < -0.4 is 0 Å². The Morgan fingerprint density at radius 2 is 1.52 bits per heavy atom. The molecule has 2 rings (SSSR count). The number of hydrogen-bond acceptors (Lipinski definition) is 10. The zero-order valence-corrected chi connectivity index (χ0v) is 43.3. The number of hydrogen-bond donors (Lipinski definition) is 0. The summed E-state index contributed by atoms with van der Waals surface area (Å²) in [6.45, 7) is 25.0. The van der Waals surface area contributed by atoms with Gasteiger partial charge in [-0.1, -0.05) is 109 Å². The molecular weight excluding hydrogens is 914 g/mol. The van der Waals surface area contributed by atoms with E-state index in [1.165, 1.54) is 0 Å². The van der Waals surface area contributed by atoms with Crippen LogP contribution in [0.15, 0.2) is 60.3 Å². The molecule has 0 spiro atoms. The van der Waals surface area contributed by atoms with Crippen LogP contribution in [0.1, 0.15) is 100 Å². The monoisotopic (exact) mass is 988 g/mol. The SMILES string of the molecule is C=C(CC(/C=C/C[C@H](OC(=O)CP(=O)(OCC(F)(F)F)OCC(F)(F)F)[C@H](/C=C/[C@@H]1CC(C)=CCO1)O[Si](C)(C)C(C)(C)C)O[Si](C)(C)C(C)(C)C)C[C@H](C)C[C@@H]1CC=C[C@@H](CC=O)O1. The number of rotatable bonds is 25. The molecular formula is C46H75F6O10PSi2. The van der Waals surface area contributed by atoms with Crippen LogP contribution in [0, 0.1) is 5.92 Å². The summed E-state index contributed by atoms with van der Waals surface area (Å²) in [5.74, 6) is -1.21. The summed E-state index contributed by atoms with van der Waals surface area (Å²) in [6, 6.07) is 0. The quantitative estimate of drug-likeness (QED) is 0.0219. The van der Waals surface area contributed by atoms with Gasteiger partial charge in [0.15, 0.2) is 29.8 Å². The summed E-state index contributed by atoms with van der Waals surface area (Å²) in [5.41, 5.74) is 2.02. The first kappa shape index (κ1) is 59.0. The van der Waals surface area contributed by atoms with Crippen LogP contribution in [0.4, 0.5) is 26.3 Å². The third-order valence-corrected chi connectivity index (χ3v) is 22.7. The Kier molecular flexibility index (Phi) is 22.6. The summed E-state index contributed by atoms with van der Waals surface area (Å²) in [7, 11) is -10.5. The lowest BCUT2D eigenvalue weighted by Gasteiger charge is -2.40. The first-order chi connectivity index (χ1) is 29.6. The van der Waals surface area contributed by atoms with Gasteiger partial charge in [-0.25, -0.2) is 0 Å². The maximum atomic E-state index is 13.7. The second-order valence-corrected chi connectivity index (χ2v) is 31.9. The van der Waals surface area contributed by atoms with E-state index in [4.69, 9.17) is 23.1 Å². The van der Waals surface area contributed by atoms with Crippen molar-refractivity contribution in [3.63, 3.8) is 0 Å². The molecule has 7 atom stereocenters. The van der Waals surface area contributed by atoms with Crippen molar-refractivity contribution >= 4 is 36.5 Å². The summed E-state index contributed by atoms with van der Waals surface area (Å²) in [5, 5.41) is -0.527. The van der Waals surface area contributed by atoms with E-state index in [1.807, 2.05) is 65.1 Å². The molecule has 374 valence electrons. The molecule has 2 aliphatic heterocycles. The molecule has 0 aromatic carbocycles. The summed E-state index contributed by atoms with van der Waals surface area (Å²) in [4.78, 5) is 24.8. The van der Waals surface area contributed by atoms with E-state index in [1.54, 1.807) is 18.2 Å². The number of halogens is 6. The van der Waals surface area contributed by atoms with E-state index >= 15 is 0 Å². The van der Waals surface area contributed by atoms with Gasteiger partial charge in [0, 0.05) is 12.8 Å². The van der Waals surface area contributed by atoms with Gasteiger partial charge in [-0.15, -0.1) is 0 Å². The molecule has 0 aromatic rings. The van der Waals surface area contributed by atoms with E-state index in [2.05, 4.69) is 56.4 Å². The number of esters is 1. The fourth-order valence-electron chi connectivity index (χ4n) is 6.54. The zero-order chi connectivity index (χ0) is 49.7. The molecule has 0 amide bonds. The van der Waals surface area contributed by atoms with E-state index in [0.717, 1.165) is 30.3 Å².